The van der Waals surface area contributed by atoms with Crippen molar-refractivity contribution >= 4 is 40.9 Å². The molecule has 1 saturated heterocycles. The van der Waals surface area contributed by atoms with Gasteiger partial charge in [-0.15, -0.1) is 0 Å². The quantitative estimate of drug-likeness (QED) is 0.901. The smallest absolute Gasteiger partial charge is 0.321 e. The van der Waals surface area contributed by atoms with E-state index >= 15 is 0 Å². The normalized spacial score (nSPS) is 15.0. The van der Waals surface area contributed by atoms with Gasteiger partial charge in [0.05, 0.1) is 11.7 Å². The molecule has 1 aliphatic rings. The Morgan fingerprint density at radius 1 is 1.17 bits per heavy atom. The Balaban J connectivity index is 1.54. The third kappa shape index (κ3) is 3.79. The Labute approximate surface area is 150 Å². The van der Waals surface area contributed by atoms with Crippen LogP contribution in [0.15, 0.2) is 24.3 Å². The van der Waals surface area contributed by atoms with Crippen molar-refractivity contribution < 1.29 is 4.79 Å². The molecule has 0 atom stereocenters. The lowest BCUT2D eigenvalue weighted by molar-refractivity contribution is 0.208. The number of aromatic nitrogens is 2. The van der Waals surface area contributed by atoms with E-state index in [2.05, 4.69) is 44.9 Å². The molecule has 2 heterocycles. The minimum absolute atomic E-state index is 0.0746. The summed E-state index contributed by atoms with van der Waals surface area (Å²) in [5, 5.41) is 3.39. The van der Waals surface area contributed by atoms with Crippen LogP contribution in [-0.4, -0.2) is 45.9 Å². The lowest BCUT2D eigenvalue weighted by Gasteiger charge is -2.34. The maximum absolute atomic E-state index is 12.4. The second kappa shape index (κ2) is 7.36. The Morgan fingerprint density at radius 2 is 1.83 bits per heavy atom. The highest BCUT2D eigenvalue weighted by Gasteiger charge is 2.24. The zero-order valence-corrected chi connectivity index (χ0v) is 15.3. The Kier molecular flexibility index (Phi) is 5.20. The zero-order chi connectivity index (χ0) is 17.1. The summed E-state index contributed by atoms with van der Waals surface area (Å²) in [6.07, 6.45) is 0. The predicted octanol–water partition coefficient (Wildman–Crippen LogP) is 3.67. The predicted molar refractivity (Wildman–Crippen MR) is 98.3 cm³/mol. The van der Waals surface area contributed by atoms with Gasteiger partial charge in [-0.05, 0) is 23.6 Å². The number of amides is 2. The van der Waals surface area contributed by atoms with Crippen molar-refractivity contribution in [2.75, 3.05) is 36.4 Å². The molecule has 0 saturated carbocycles. The number of carbonyl (C=O) groups excluding carboxylic acids is 1. The number of urea groups is 1. The van der Waals surface area contributed by atoms with E-state index < -0.39 is 0 Å². The molecule has 0 unspecified atom stereocenters. The second-order valence-electron chi connectivity index (χ2n) is 6.06. The molecule has 128 valence electrons. The van der Waals surface area contributed by atoms with Crippen LogP contribution in [0.2, 0.25) is 5.15 Å². The van der Waals surface area contributed by atoms with Crippen LogP contribution in [0.5, 0.6) is 0 Å². The van der Waals surface area contributed by atoms with Crippen molar-refractivity contribution in [1.82, 2.24) is 13.6 Å². The average molecular weight is 366 g/mol. The molecule has 1 aliphatic heterocycles. The number of carbonyl (C=O) groups is 1. The van der Waals surface area contributed by atoms with Gasteiger partial charge in [-0.25, -0.2) is 4.79 Å². The van der Waals surface area contributed by atoms with Crippen molar-refractivity contribution in [1.29, 1.82) is 0 Å². The second-order valence-corrected chi connectivity index (χ2v) is 6.95. The molecule has 24 heavy (non-hydrogen) atoms. The molecule has 0 radical (unpaired) electrons. The monoisotopic (exact) mass is 365 g/mol. The van der Waals surface area contributed by atoms with Crippen molar-refractivity contribution in [3.05, 3.63) is 35.0 Å². The maximum Gasteiger partial charge on any atom is 0.321 e. The molecule has 0 bridgehead atoms. The number of hydrogen-bond donors (Lipinski definition) is 1. The fraction of sp³-hybridized carbons (Fsp3) is 0.438. The zero-order valence-electron chi connectivity index (χ0n) is 13.7. The third-order valence-corrected chi connectivity index (χ3v) is 5.00. The number of halogens is 1. The first-order valence-electron chi connectivity index (χ1n) is 7.93. The Hall–Kier alpha value is -1.86. The number of nitrogens with zero attached hydrogens (tertiary/aromatic N) is 4. The first kappa shape index (κ1) is 17.0. The van der Waals surface area contributed by atoms with Gasteiger partial charge in [-0.3, -0.25) is 0 Å². The minimum atomic E-state index is -0.0746. The van der Waals surface area contributed by atoms with Crippen LogP contribution in [0.4, 0.5) is 16.3 Å². The van der Waals surface area contributed by atoms with E-state index in [0.717, 1.165) is 17.4 Å². The Bertz CT molecular complexity index is 695. The first-order chi connectivity index (χ1) is 11.5. The summed E-state index contributed by atoms with van der Waals surface area (Å²) in [6, 6.07) is 7.92. The largest absolute Gasteiger partial charge is 0.350 e. The van der Waals surface area contributed by atoms with Crippen molar-refractivity contribution in [3.63, 3.8) is 0 Å². The number of nitrogens with one attached hydrogen (secondary N) is 1. The molecule has 0 spiro atoms. The summed E-state index contributed by atoms with van der Waals surface area (Å²) in [4.78, 5) is 16.3. The number of rotatable bonds is 3. The van der Waals surface area contributed by atoms with Gasteiger partial charge in [-0.1, -0.05) is 37.6 Å². The van der Waals surface area contributed by atoms with E-state index in [1.165, 1.54) is 5.56 Å². The van der Waals surface area contributed by atoms with Gasteiger partial charge in [0.15, 0.2) is 11.0 Å². The molecule has 1 aromatic heterocycles. The van der Waals surface area contributed by atoms with Crippen molar-refractivity contribution in [3.8, 4) is 0 Å². The standard InChI is InChI=1S/C16H20ClN5OS/c1-11(2)12-3-5-13(6-4-12)18-16(23)22-9-7-21(8-10-22)15-14(17)19-24-20-15/h3-6,11H,7-10H2,1-2H3,(H,18,23). The fourth-order valence-electron chi connectivity index (χ4n) is 2.64. The van der Waals surface area contributed by atoms with Gasteiger partial charge in [0.2, 0.25) is 0 Å². The van der Waals surface area contributed by atoms with Crippen LogP contribution in [-0.2, 0) is 0 Å². The molecule has 8 heteroatoms. The topological polar surface area (TPSA) is 61.4 Å². The van der Waals surface area contributed by atoms with Crippen LogP contribution in [0, 0.1) is 0 Å². The third-order valence-electron chi connectivity index (χ3n) is 4.13. The van der Waals surface area contributed by atoms with Gasteiger partial charge in [-0.2, -0.15) is 8.75 Å². The molecule has 6 nitrogen and oxygen atoms in total. The molecule has 2 amide bonds. The summed E-state index contributed by atoms with van der Waals surface area (Å²) >= 11 is 7.12. The van der Waals surface area contributed by atoms with Gasteiger partial charge in [0.25, 0.3) is 0 Å². The number of anilines is 2. The maximum atomic E-state index is 12.4. The van der Waals surface area contributed by atoms with Crippen LogP contribution < -0.4 is 10.2 Å². The number of benzene rings is 1. The van der Waals surface area contributed by atoms with Crippen LogP contribution >= 0.6 is 23.3 Å². The molecule has 1 fully saturated rings. The van der Waals surface area contributed by atoms with E-state index in [1.807, 2.05) is 12.1 Å². The summed E-state index contributed by atoms with van der Waals surface area (Å²) in [7, 11) is 0. The van der Waals surface area contributed by atoms with Gasteiger partial charge >= 0.3 is 6.03 Å². The summed E-state index contributed by atoms with van der Waals surface area (Å²) in [5.41, 5.74) is 2.08. The Morgan fingerprint density at radius 3 is 2.38 bits per heavy atom. The summed E-state index contributed by atoms with van der Waals surface area (Å²) in [6.45, 7) is 6.96. The number of hydrogen-bond acceptors (Lipinski definition) is 5. The number of piperazine rings is 1. The summed E-state index contributed by atoms with van der Waals surface area (Å²) in [5.74, 6) is 1.20. The first-order valence-corrected chi connectivity index (χ1v) is 9.04. The molecule has 2 aromatic rings. The fourth-order valence-corrected chi connectivity index (χ4v) is 3.41. The lowest BCUT2D eigenvalue weighted by atomic mass is 10.0. The van der Waals surface area contributed by atoms with Crippen molar-refractivity contribution in [2.24, 2.45) is 0 Å². The molecule has 1 N–H and O–H groups in total. The van der Waals surface area contributed by atoms with Gasteiger partial charge in [0.1, 0.15) is 0 Å². The average Bonchev–Trinajstić information content (AvgIpc) is 3.01. The lowest BCUT2D eigenvalue weighted by Crippen LogP contribution is -2.50. The SMILES string of the molecule is CC(C)c1ccc(NC(=O)N2CCN(c3nsnc3Cl)CC2)cc1. The van der Waals surface area contributed by atoms with E-state index in [4.69, 9.17) is 11.6 Å². The molecule has 1 aromatic carbocycles. The summed E-state index contributed by atoms with van der Waals surface area (Å²) < 4.78 is 8.19. The van der Waals surface area contributed by atoms with Crippen LogP contribution in [0.1, 0.15) is 25.3 Å². The highest BCUT2D eigenvalue weighted by molar-refractivity contribution is 6.99. The highest BCUT2D eigenvalue weighted by Crippen LogP contribution is 2.24. The molecule has 3 rings (SSSR count). The van der Waals surface area contributed by atoms with Gasteiger partial charge < -0.3 is 15.1 Å². The van der Waals surface area contributed by atoms with Crippen LogP contribution in [0.25, 0.3) is 0 Å². The van der Waals surface area contributed by atoms with E-state index in [1.54, 1.807) is 4.90 Å². The van der Waals surface area contributed by atoms with E-state index in [-0.39, 0.29) is 6.03 Å². The molecular formula is C16H20ClN5OS. The van der Waals surface area contributed by atoms with Gasteiger partial charge in [0, 0.05) is 31.9 Å². The van der Waals surface area contributed by atoms with Crippen LogP contribution in [0.3, 0.4) is 0 Å². The van der Waals surface area contributed by atoms with Crippen molar-refractivity contribution in [2.45, 2.75) is 19.8 Å². The van der Waals surface area contributed by atoms with E-state index in [9.17, 15) is 4.79 Å². The highest BCUT2D eigenvalue weighted by atomic mass is 35.5. The van der Waals surface area contributed by atoms with E-state index in [0.29, 0.717) is 43.1 Å². The molecule has 0 aliphatic carbocycles. The molecular weight excluding hydrogens is 346 g/mol. The minimum Gasteiger partial charge on any atom is -0.350 e.